The summed E-state index contributed by atoms with van der Waals surface area (Å²) in [5.74, 6) is 0.432. The van der Waals surface area contributed by atoms with Gasteiger partial charge in [0.05, 0.1) is 17.5 Å². The van der Waals surface area contributed by atoms with Gasteiger partial charge < -0.3 is 4.74 Å². The van der Waals surface area contributed by atoms with Crippen molar-refractivity contribution in [3.8, 4) is 0 Å². The third kappa shape index (κ3) is 2.02. The van der Waals surface area contributed by atoms with Crippen LogP contribution in [-0.4, -0.2) is 33.5 Å². The lowest BCUT2D eigenvalue weighted by atomic mass is 10.2. The second-order valence-corrected chi connectivity index (χ2v) is 6.08. The second kappa shape index (κ2) is 4.37. The van der Waals surface area contributed by atoms with Crippen molar-refractivity contribution < 1.29 is 13.2 Å². The van der Waals surface area contributed by atoms with Gasteiger partial charge in [0.2, 0.25) is 0 Å². The van der Waals surface area contributed by atoms with Crippen LogP contribution in [0.5, 0.6) is 0 Å². The molecular weight excluding hydrogens is 252 g/mol. The minimum Gasteiger partial charge on any atom is -0.376 e. The molecule has 0 saturated carbocycles. The van der Waals surface area contributed by atoms with Gasteiger partial charge in [-0.1, -0.05) is 12.1 Å². The van der Waals surface area contributed by atoms with Crippen LogP contribution in [-0.2, 0) is 14.8 Å². The standard InChI is InChI=1S/C12H14N2O3S/c15-18(16)11-6-2-1-5-10(11)12(14-18)13-8-9-4-3-7-17-9/h1-2,5-6,9H,3-4,7-8H2,(H,13,14)/t9-/m0/s1. The van der Waals surface area contributed by atoms with E-state index >= 15 is 0 Å². The number of rotatable bonds is 2. The molecule has 2 aliphatic rings. The largest absolute Gasteiger partial charge is 0.376 e. The predicted octanol–water partition coefficient (Wildman–Crippen LogP) is 0.904. The number of sulfonamides is 1. The lowest BCUT2D eigenvalue weighted by Crippen LogP contribution is -2.23. The van der Waals surface area contributed by atoms with E-state index < -0.39 is 10.0 Å². The van der Waals surface area contributed by atoms with Gasteiger partial charge in [0.25, 0.3) is 10.0 Å². The number of fused-ring (bicyclic) bond motifs is 1. The van der Waals surface area contributed by atoms with Crippen LogP contribution in [0.25, 0.3) is 0 Å². The van der Waals surface area contributed by atoms with Gasteiger partial charge in [-0.2, -0.15) is 0 Å². The number of hydrogen-bond donors (Lipinski definition) is 1. The molecule has 18 heavy (non-hydrogen) atoms. The maximum absolute atomic E-state index is 11.8. The summed E-state index contributed by atoms with van der Waals surface area (Å²) in [6, 6.07) is 6.87. The van der Waals surface area contributed by atoms with Crippen molar-refractivity contribution in [3.63, 3.8) is 0 Å². The third-order valence-corrected chi connectivity index (χ3v) is 4.54. The summed E-state index contributed by atoms with van der Waals surface area (Å²) in [5, 5.41) is 0. The van der Waals surface area contributed by atoms with E-state index in [0.717, 1.165) is 19.4 Å². The Balaban J connectivity index is 1.88. The van der Waals surface area contributed by atoms with Crippen molar-refractivity contribution in [2.75, 3.05) is 13.2 Å². The molecule has 0 unspecified atom stereocenters. The minimum atomic E-state index is -3.42. The van der Waals surface area contributed by atoms with E-state index in [0.29, 0.717) is 22.8 Å². The molecule has 96 valence electrons. The molecule has 1 aromatic carbocycles. The molecule has 6 heteroatoms. The highest BCUT2D eigenvalue weighted by atomic mass is 32.2. The third-order valence-electron chi connectivity index (χ3n) is 3.14. The molecule has 0 amide bonds. The van der Waals surface area contributed by atoms with Gasteiger partial charge in [-0.15, -0.1) is 0 Å². The molecule has 1 atom stereocenters. The molecule has 1 N–H and O–H groups in total. The van der Waals surface area contributed by atoms with Crippen LogP contribution in [0.15, 0.2) is 34.2 Å². The molecule has 1 aromatic rings. The molecule has 0 radical (unpaired) electrons. The smallest absolute Gasteiger partial charge is 0.263 e. The zero-order valence-corrected chi connectivity index (χ0v) is 10.6. The van der Waals surface area contributed by atoms with Crippen LogP contribution < -0.4 is 4.72 Å². The van der Waals surface area contributed by atoms with Crippen molar-refractivity contribution in [1.82, 2.24) is 4.72 Å². The van der Waals surface area contributed by atoms with Gasteiger partial charge in [-0.3, -0.25) is 9.71 Å². The number of nitrogens with zero attached hydrogens (tertiary/aromatic N) is 1. The molecule has 0 spiro atoms. The van der Waals surface area contributed by atoms with Gasteiger partial charge in [0.15, 0.2) is 0 Å². The van der Waals surface area contributed by atoms with Crippen LogP contribution in [0.2, 0.25) is 0 Å². The highest BCUT2D eigenvalue weighted by molar-refractivity contribution is 7.90. The number of nitrogens with one attached hydrogen (secondary N) is 1. The highest BCUT2D eigenvalue weighted by Gasteiger charge is 2.30. The Bertz CT molecular complexity index is 589. The maximum Gasteiger partial charge on any atom is 0.263 e. The molecular formula is C12H14N2O3S. The molecule has 2 aliphatic heterocycles. The molecule has 0 aliphatic carbocycles. The topological polar surface area (TPSA) is 67.8 Å². The van der Waals surface area contributed by atoms with Crippen molar-refractivity contribution in [2.24, 2.45) is 4.99 Å². The van der Waals surface area contributed by atoms with Crippen LogP contribution in [0.4, 0.5) is 0 Å². The number of aliphatic imine (C=N–C) groups is 1. The maximum atomic E-state index is 11.8. The first-order chi connectivity index (χ1) is 8.67. The van der Waals surface area contributed by atoms with Crippen molar-refractivity contribution in [2.45, 2.75) is 23.8 Å². The molecule has 1 fully saturated rings. The lowest BCUT2D eigenvalue weighted by molar-refractivity contribution is 0.118. The second-order valence-electron chi connectivity index (χ2n) is 4.43. The Morgan fingerprint density at radius 1 is 1.39 bits per heavy atom. The summed E-state index contributed by atoms with van der Waals surface area (Å²) in [4.78, 5) is 4.65. The molecule has 0 bridgehead atoms. The van der Waals surface area contributed by atoms with Gasteiger partial charge in [-0.05, 0) is 25.0 Å². The fourth-order valence-electron chi connectivity index (χ4n) is 2.23. The Morgan fingerprint density at radius 2 is 2.22 bits per heavy atom. The first kappa shape index (κ1) is 11.7. The molecule has 0 aromatic heterocycles. The van der Waals surface area contributed by atoms with E-state index in [1.54, 1.807) is 18.2 Å². The van der Waals surface area contributed by atoms with Gasteiger partial charge in [-0.25, -0.2) is 8.42 Å². The van der Waals surface area contributed by atoms with Crippen LogP contribution in [0.3, 0.4) is 0 Å². The Labute approximate surface area is 106 Å². The quantitative estimate of drug-likeness (QED) is 0.865. The fraction of sp³-hybridized carbons (Fsp3) is 0.417. The van der Waals surface area contributed by atoms with E-state index in [2.05, 4.69) is 9.71 Å². The summed E-state index contributed by atoms with van der Waals surface area (Å²) in [6.07, 6.45) is 2.16. The summed E-state index contributed by atoms with van der Waals surface area (Å²) in [6.45, 7) is 1.28. The lowest BCUT2D eigenvalue weighted by Gasteiger charge is -2.05. The minimum absolute atomic E-state index is 0.120. The number of benzene rings is 1. The first-order valence-corrected chi connectivity index (χ1v) is 7.43. The van der Waals surface area contributed by atoms with Gasteiger partial charge in [0.1, 0.15) is 5.84 Å². The van der Waals surface area contributed by atoms with Crippen molar-refractivity contribution in [1.29, 1.82) is 0 Å². The average Bonchev–Trinajstić information content (AvgIpc) is 2.95. The van der Waals surface area contributed by atoms with Gasteiger partial charge in [0, 0.05) is 12.2 Å². The Morgan fingerprint density at radius 3 is 3.00 bits per heavy atom. The van der Waals surface area contributed by atoms with E-state index in [1.807, 2.05) is 6.07 Å². The zero-order valence-electron chi connectivity index (χ0n) is 9.80. The summed E-state index contributed by atoms with van der Waals surface area (Å²) in [7, 11) is -3.42. The zero-order chi connectivity index (χ0) is 12.6. The predicted molar refractivity (Wildman–Crippen MR) is 67.1 cm³/mol. The monoisotopic (exact) mass is 266 g/mol. The van der Waals surface area contributed by atoms with Crippen LogP contribution in [0.1, 0.15) is 18.4 Å². The Kier molecular flexibility index (Phi) is 2.83. The Hall–Kier alpha value is -1.40. The summed E-state index contributed by atoms with van der Waals surface area (Å²) < 4.78 is 31.6. The normalized spacial score (nSPS) is 27.1. The molecule has 5 nitrogen and oxygen atoms in total. The first-order valence-electron chi connectivity index (χ1n) is 5.95. The number of ether oxygens (including phenoxy) is 1. The van der Waals surface area contributed by atoms with E-state index in [1.165, 1.54) is 0 Å². The fourth-order valence-corrected chi connectivity index (χ4v) is 3.48. The van der Waals surface area contributed by atoms with Crippen LogP contribution in [0, 0.1) is 0 Å². The molecule has 3 rings (SSSR count). The molecule has 1 saturated heterocycles. The van der Waals surface area contributed by atoms with E-state index in [4.69, 9.17) is 4.74 Å². The number of amidine groups is 1. The number of hydrogen-bond acceptors (Lipinski definition) is 4. The SMILES string of the molecule is O=S1(=O)NC(=NC[C@@H]2CCCO2)c2ccccc21. The average molecular weight is 266 g/mol. The van der Waals surface area contributed by atoms with Crippen molar-refractivity contribution in [3.05, 3.63) is 29.8 Å². The molecule has 2 heterocycles. The van der Waals surface area contributed by atoms with E-state index in [9.17, 15) is 8.42 Å². The van der Waals surface area contributed by atoms with Crippen LogP contribution >= 0.6 is 0 Å². The van der Waals surface area contributed by atoms with Gasteiger partial charge >= 0.3 is 0 Å². The van der Waals surface area contributed by atoms with E-state index in [-0.39, 0.29) is 6.10 Å². The summed E-state index contributed by atoms with van der Waals surface area (Å²) in [5.41, 5.74) is 0.649. The summed E-state index contributed by atoms with van der Waals surface area (Å²) >= 11 is 0. The highest BCUT2D eigenvalue weighted by Crippen LogP contribution is 2.22. The van der Waals surface area contributed by atoms with Crippen molar-refractivity contribution >= 4 is 15.9 Å².